The molecular weight excluding hydrogens is 423 g/mol. The van der Waals surface area contributed by atoms with Crippen molar-refractivity contribution in [2.24, 2.45) is 0 Å². The molecule has 27 heavy (non-hydrogen) atoms. The molecule has 0 unspecified atom stereocenters. The first-order chi connectivity index (χ1) is 12.9. The van der Waals surface area contributed by atoms with Crippen LogP contribution in [0.25, 0.3) is 16.9 Å². The van der Waals surface area contributed by atoms with Gasteiger partial charge in [-0.05, 0) is 52.3 Å². The predicted molar refractivity (Wildman–Crippen MR) is 97.5 cm³/mol. The third-order valence-electron chi connectivity index (χ3n) is 4.01. The molecule has 0 aliphatic heterocycles. The Morgan fingerprint density at radius 2 is 1.63 bits per heavy atom. The molecule has 0 bridgehead atoms. The Bertz CT molecular complexity index is 1140. The topological polar surface area (TPSA) is 69.1 Å². The quantitative estimate of drug-likeness (QED) is 0.526. The van der Waals surface area contributed by atoms with Crippen LogP contribution in [0.3, 0.4) is 0 Å². The zero-order valence-electron chi connectivity index (χ0n) is 13.6. The van der Waals surface area contributed by atoms with Crippen LogP contribution < -0.4 is 5.73 Å². The lowest BCUT2D eigenvalue weighted by Crippen LogP contribution is -2.05. The maximum absolute atomic E-state index is 13.9. The Labute approximate surface area is 159 Å². The maximum atomic E-state index is 13.9. The van der Waals surface area contributed by atoms with E-state index in [2.05, 4.69) is 31.0 Å². The lowest BCUT2D eigenvalue weighted by atomic mass is 10.1. The highest BCUT2D eigenvalue weighted by Gasteiger charge is 2.18. The van der Waals surface area contributed by atoms with Crippen molar-refractivity contribution in [2.75, 3.05) is 5.73 Å². The van der Waals surface area contributed by atoms with Crippen LogP contribution in [0.1, 0.15) is 11.4 Å². The van der Waals surface area contributed by atoms with E-state index in [1.54, 1.807) is 12.1 Å². The number of anilines is 1. The van der Waals surface area contributed by atoms with Crippen molar-refractivity contribution < 1.29 is 13.2 Å². The van der Waals surface area contributed by atoms with E-state index in [0.29, 0.717) is 21.4 Å². The zero-order chi connectivity index (χ0) is 19.1. The van der Waals surface area contributed by atoms with E-state index in [-0.39, 0.29) is 29.6 Å². The van der Waals surface area contributed by atoms with E-state index in [1.807, 2.05) is 0 Å². The molecule has 2 aromatic carbocycles. The van der Waals surface area contributed by atoms with E-state index >= 15 is 0 Å². The van der Waals surface area contributed by atoms with Gasteiger partial charge in [0.05, 0.1) is 10.2 Å². The fraction of sp³-hybridized carbons (Fsp3) is 0.0556. The van der Waals surface area contributed by atoms with Crippen molar-refractivity contribution in [1.29, 1.82) is 0 Å². The molecule has 5 nitrogen and oxygen atoms in total. The van der Waals surface area contributed by atoms with E-state index in [0.717, 1.165) is 0 Å². The van der Waals surface area contributed by atoms with Gasteiger partial charge >= 0.3 is 0 Å². The third kappa shape index (κ3) is 3.14. The molecule has 4 aromatic rings. The van der Waals surface area contributed by atoms with Crippen molar-refractivity contribution in [2.45, 2.75) is 6.42 Å². The smallest absolute Gasteiger partial charge is 0.223 e. The molecule has 9 heteroatoms. The Balaban J connectivity index is 1.82. The molecule has 0 saturated carbocycles. The van der Waals surface area contributed by atoms with Crippen LogP contribution in [-0.4, -0.2) is 19.6 Å². The first-order valence-electron chi connectivity index (χ1n) is 7.83. The Morgan fingerprint density at radius 1 is 0.963 bits per heavy atom. The minimum absolute atomic E-state index is 0.0419. The summed E-state index contributed by atoms with van der Waals surface area (Å²) in [5, 5.41) is 4.19. The summed E-state index contributed by atoms with van der Waals surface area (Å²) in [4.78, 5) is 8.61. The van der Waals surface area contributed by atoms with Gasteiger partial charge in [-0.2, -0.15) is 4.52 Å². The second-order valence-electron chi connectivity index (χ2n) is 5.78. The summed E-state index contributed by atoms with van der Waals surface area (Å²) >= 11 is 3.42. The number of hydrogen-bond acceptors (Lipinski definition) is 4. The van der Waals surface area contributed by atoms with Crippen molar-refractivity contribution in [3.63, 3.8) is 0 Å². The number of nitrogens with zero attached hydrogens (tertiary/aromatic N) is 4. The van der Waals surface area contributed by atoms with E-state index in [4.69, 9.17) is 5.73 Å². The highest BCUT2D eigenvalue weighted by Crippen LogP contribution is 2.31. The zero-order valence-corrected chi connectivity index (χ0v) is 15.2. The van der Waals surface area contributed by atoms with Gasteiger partial charge in [0, 0.05) is 17.5 Å². The number of nitrogens with two attached hydrogens (primary N) is 1. The molecule has 2 aromatic heterocycles. The fourth-order valence-corrected chi connectivity index (χ4v) is 3.28. The number of aromatic nitrogens is 4. The van der Waals surface area contributed by atoms with Crippen LogP contribution in [0.5, 0.6) is 0 Å². The van der Waals surface area contributed by atoms with E-state index < -0.39 is 11.6 Å². The molecular formula is C18H11BrF3N5. The average Bonchev–Trinajstić information content (AvgIpc) is 3.07. The summed E-state index contributed by atoms with van der Waals surface area (Å²) < 4.78 is 42.7. The molecule has 0 amide bonds. The minimum Gasteiger partial charge on any atom is -0.368 e. The predicted octanol–water partition coefficient (Wildman–Crippen LogP) is 4.14. The normalized spacial score (nSPS) is 11.3. The van der Waals surface area contributed by atoms with Gasteiger partial charge in [0.2, 0.25) is 5.95 Å². The molecule has 0 saturated heterocycles. The number of benzene rings is 2. The monoisotopic (exact) mass is 433 g/mol. The SMILES string of the molecule is Nc1nc(-c2ccc(F)cc2)c(Br)c2nc(Cc3c(F)cccc3F)nn12. The Hall–Kier alpha value is -2.94. The summed E-state index contributed by atoms with van der Waals surface area (Å²) in [5.74, 6) is -1.50. The van der Waals surface area contributed by atoms with Crippen LogP contribution in [0.15, 0.2) is 46.9 Å². The fourth-order valence-electron chi connectivity index (χ4n) is 2.71. The van der Waals surface area contributed by atoms with E-state index in [1.165, 1.54) is 34.8 Å². The molecule has 0 aliphatic carbocycles. The molecule has 2 heterocycles. The number of nitrogen functional groups attached to an aromatic ring is 1. The molecule has 4 rings (SSSR count). The van der Waals surface area contributed by atoms with Crippen LogP contribution in [0.4, 0.5) is 19.1 Å². The summed E-state index contributed by atoms with van der Waals surface area (Å²) in [7, 11) is 0. The largest absolute Gasteiger partial charge is 0.368 e. The van der Waals surface area contributed by atoms with Crippen LogP contribution in [-0.2, 0) is 6.42 Å². The number of rotatable bonds is 3. The number of hydrogen-bond donors (Lipinski definition) is 1. The van der Waals surface area contributed by atoms with Crippen LogP contribution in [0.2, 0.25) is 0 Å². The molecule has 0 atom stereocenters. The molecule has 136 valence electrons. The Kier molecular flexibility index (Phi) is 4.31. The second-order valence-corrected chi connectivity index (χ2v) is 6.57. The van der Waals surface area contributed by atoms with Gasteiger partial charge in [0.15, 0.2) is 11.5 Å². The highest BCUT2D eigenvalue weighted by molar-refractivity contribution is 9.10. The van der Waals surface area contributed by atoms with Gasteiger partial charge < -0.3 is 5.73 Å². The van der Waals surface area contributed by atoms with Crippen molar-refractivity contribution >= 4 is 27.5 Å². The van der Waals surface area contributed by atoms with Crippen LogP contribution in [0, 0.1) is 17.5 Å². The molecule has 0 radical (unpaired) electrons. The summed E-state index contributed by atoms with van der Waals surface area (Å²) in [5.41, 5.74) is 7.26. The summed E-state index contributed by atoms with van der Waals surface area (Å²) in [6.45, 7) is 0. The van der Waals surface area contributed by atoms with Gasteiger partial charge in [-0.15, -0.1) is 5.10 Å². The first kappa shape index (κ1) is 17.5. The Morgan fingerprint density at radius 3 is 2.30 bits per heavy atom. The van der Waals surface area contributed by atoms with E-state index in [9.17, 15) is 13.2 Å². The van der Waals surface area contributed by atoms with Crippen molar-refractivity contribution in [1.82, 2.24) is 19.6 Å². The van der Waals surface area contributed by atoms with Crippen molar-refractivity contribution in [3.8, 4) is 11.3 Å². The standard InChI is InChI=1S/C18H11BrF3N5/c19-15-16(9-4-6-10(20)7-5-9)25-18(23)27-17(15)24-14(26-27)8-11-12(21)2-1-3-13(11)22/h1-7H,8H2,(H2,23,25). The van der Waals surface area contributed by atoms with Gasteiger partial charge in [0.1, 0.15) is 17.5 Å². The molecule has 2 N–H and O–H groups in total. The van der Waals surface area contributed by atoms with Gasteiger partial charge in [0.25, 0.3) is 0 Å². The summed E-state index contributed by atoms with van der Waals surface area (Å²) in [6.07, 6.45) is -0.141. The molecule has 0 fully saturated rings. The second kappa shape index (κ2) is 6.66. The number of halogens is 4. The van der Waals surface area contributed by atoms with Gasteiger partial charge in [-0.1, -0.05) is 6.07 Å². The van der Waals surface area contributed by atoms with Crippen molar-refractivity contribution in [3.05, 3.63) is 75.8 Å². The average molecular weight is 434 g/mol. The highest BCUT2D eigenvalue weighted by atomic mass is 79.9. The number of fused-ring (bicyclic) bond motifs is 1. The third-order valence-corrected chi connectivity index (χ3v) is 4.74. The lowest BCUT2D eigenvalue weighted by Gasteiger charge is -2.06. The first-order valence-corrected chi connectivity index (χ1v) is 8.63. The molecule has 0 aliphatic rings. The van der Waals surface area contributed by atoms with Crippen LogP contribution >= 0.6 is 15.9 Å². The minimum atomic E-state index is -0.675. The van der Waals surface area contributed by atoms with Gasteiger partial charge in [-0.3, -0.25) is 0 Å². The van der Waals surface area contributed by atoms with Gasteiger partial charge in [-0.25, -0.2) is 23.1 Å². The lowest BCUT2D eigenvalue weighted by molar-refractivity contribution is 0.559. The molecule has 0 spiro atoms. The summed E-state index contributed by atoms with van der Waals surface area (Å²) in [6, 6.07) is 9.37. The maximum Gasteiger partial charge on any atom is 0.223 e.